The van der Waals surface area contributed by atoms with Crippen LogP contribution < -0.4 is 0 Å². The van der Waals surface area contributed by atoms with E-state index >= 15 is 0 Å². The van der Waals surface area contributed by atoms with Gasteiger partial charge in [-0.2, -0.15) is 18.3 Å². The van der Waals surface area contributed by atoms with Crippen molar-refractivity contribution in [1.82, 2.24) is 14.7 Å². The minimum Gasteiger partial charge on any atom is -0.468 e. The Hall–Kier alpha value is -1.61. The lowest BCUT2D eigenvalue weighted by atomic mass is 10.2. The molecule has 9 heteroatoms. The number of likely N-dealkylation sites (tertiary alicyclic amines) is 1. The highest BCUT2D eigenvalue weighted by molar-refractivity contribution is 5.76. The number of aromatic nitrogens is 2. The molecule has 2 heterocycles. The molecule has 118 valence electrons. The summed E-state index contributed by atoms with van der Waals surface area (Å²) in [6.07, 6.45) is -4.02. The van der Waals surface area contributed by atoms with Crippen molar-refractivity contribution < 1.29 is 27.8 Å². The molecule has 0 unspecified atom stereocenters. The molecule has 0 aliphatic carbocycles. The molecule has 1 aliphatic rings. The molecule has 1 fully saturated rings. The van der Waals surface area contributed by atoms with Crippen LogP contribution in [0.5, 0.6) is 0 Å². The number of methoxy groups -OCH3 is 1. The lowest BCUT2D eigenvalue weighted by Gasteiger charge is -2.22. The van der Waals surface area contributed by atoms with Gasteiger partial charge in [-0.1, -0.05) is 0 Å². The first-order chi connectivity index (χ1) is 9.74. The molecule has 0 bridgehead atoms. The minimum absolute atomic E-state index is 0.0343. The molecule has 6 nitrogen and oxygen atoms in total. The van der Waals surface area contributed by atoms with E-state index in [0.717, 1.165) is 10.9 Å². The predicted molar refractivity (Wildman–Crippen MR) is 65.0 cm³/mol. The van der Waals surface area contributed by atoms with Gasteiger partial charge in [0, 0.05) is 32.1 Å². The molecule has 2 atom stereocenters. The SMILES string of the molecule is COC(=O)[C@@H]1C[C@@H](O)CN1Cc1cnn(C)c1C(F)(F)F. The van der Waals surface area contributed by atoms with Crippen LogP contribution in [0.1, 0.15) is 17.7 Å². The number of ether oxygens (including phenoxy) is 1. The Labute approximate surface area is 119 Å². The number of aryl methyl sites for hydroxylation is 1. The second-order valence-corrected chi connectivity index (χ2v) is 5.00. The van der Waals surface area contributed by atoms with Crippen LogP contribution in [0.25, 0.3) is 0 Å². The maximum atomic E-state index is 13.0. The fourth-order valence-corrected chi connectivity index (χ4v) is 2.62. The molecular weight excluding hydrogens is 291 g/mol. The lowest BCUT2D eigenvalue weighted by molar-refractivity contribution is -0.146. The van der Waals surface area contributed by atoms with Crippen molar-refractivity contribution in [2.45, 2.75) is 31.3 Å². The van der Waals surface area contributed by atoms with Gasteiger partial charge in [0.25, 0.3) is 0 Å². The Balaban J connectivity index is 2.23. The number of aliphatic hydroxyl groups excluding tert-OH is 1. The number of hydrogen-bond acceptors (Lipinski definition) is 5. The van der Waals surface area contributed by atoms with Gasteiger partial charge < -0.3 is 9.84 Å². The molecule has 0 aromatic carbocycles. The molecule has 1 aromatic rings. The molecular formula is C12H16F3N3O3. The quantitative estimate of drug-likeness (QED) is 0.826. The predicted octanol–water partition coefficient (Wildman–Crippen LogP) is 0.547. The van der Waals surface area contributed by atoms with Crippen LogP contribution >= 0.6 is 0 Å². The fraction of sp³-hybridized carbons (Fsp3) is 0.667. The maximum Gasteiger partial charge on any atom is 0.433 e. The van der Waals surface area contributed by atoms with Crippen molar-refractivity contribution in [3.8, 4) is 0 Å². The van der Waals surface area contributed by atoms with Gasteiger partial charge in [0.1, 0.15) is 11.7 Å². The van der Waals surface area contributed by atoms with Crippen LogP contribution in [-0.4, -0.2) is 51.6 Å². The van der Waals surface area contributed by atoms with E-state index in [1.807, 2.05) is 0 Å². The maximum absolute atomic E-state index is 13.0. The van der Waals surface area contributed by atoms with E-state index in [4.69, 9.17) is 0 Å². The van der Waals surface area contributed by atoms with Gasteiger partial charge in [-0.05, 0) is 0 Å². The number of β-amino-alcohol motifs (C(OH)–C–C–N with tert-alkyl or cyclic N) is 1. The van der Waals surface area contributed by atoms with Crippen LogP contribution in [0.2, 0.25) is 0 Å². The first-order valence-corrected chi connectivity index (χ1v) is 6.32. The Bertz CT molecular complexity index is 530. The second kappa shape index (κ2) is 5.64. The van der Waals surface area contributed by atoms with Crippen molar-refractivity contribution >= 4 is 5.97 Å². The molecule has 2 rings (SSSR count). The van der Waals surface area contributed by atoms with E-state index in [2.05, 4.69) is 9.84 Å². The topological polar surface area (TPSA) is 67.6 Å². The van der Waals surface area contributed by atoms with E-state index in [9.17, 15) is 23.1 Å². The Morgan fingerprint density at radius 3 is 2.81 bits per heavy atom. The molecule has 1 N–H and O–H groups in total. The number of hydrogen-bond donors (Lipinski definition) is 1. The normalized spacial score (nSPS) is 23.5. The standard InChI is InChI=1S/C12H16F3N3O3/c1-17-10(12(13,14)15)7(4-16-17)5-18-6-8(19)3-9(18)11(20)21-2/h4,8-9,19H,3,5-6H2,1-2H3/t8-,9+/m1/s1. The van der Waals surface area contributed by atoms with Gasteiger partial charge in [0.15, 0.2) is 0 Å². The Kier molecular flexibility index (Phi) is 4.24. The second-order valence-electron chi connectivity index (χ2n) is 5.00. The van der Waals surface area contributed by atoms with Crippen molar-refractivity contribution in [1.29, 1.82) is 0 Å². The third-order valence-electron chi connectivity index (χ3n) is 3.51. The largest absolute Gasteiger partial charge is 0.468 e. The van der Waals surface area contributed by atoms with Gasteiger partial charge in [0.05, 0.1) is 19.4 Å². The van der Waals surface area contributed by atoms with Crippen LogP contribution in [0.15, 0.2) is 6.20 Å². The summed E-state index contributed by atoms with van der Waals surface area (Å²) in [6, 6.07) is -0.744. The third-order valence-corrected chi connectivity index (χ3v) is 3.51. The zero-order valence-electron chi connectivity index (χ0n) is 11.6. The summed E-state index contributed by atoms with van der Waals surface area (Å²) >= 11 is 0. The van der Waals surface area contributed by atoms with E-state index in [1.165, 1.54) is 19.1 Å². The zero-order valence-corrected chi connectivity index (χ0v) is 11.6. The van der Waals surface area contributed by atoms with Gasteiger partial charge in [-0.3, -0.25) is 14.4 Å². The summed E-state index contributed by atoms with van der Waals surface area (Å²) in [4.78, 5) is 13.1. The van der Waals surface area contributed by atoms with Crippen LogP contribution in [0, 0.1) is 0 Å². The van der Waals surface area contributed by atoms with E-state index in [1.54, 1.807) is 0 Å². The van der Waals surface area contributed by atoms with E-state index in [-0.39, 0.29) is 25.1 Å². The Morgan fingerprint density at radius 2 is 2.24 bits per heavy atom. The number of nitrogens with zero attached hydrogens (tertiary/aromatic N) is 3. The summed E-state index contributed by atoms with van der Waals surface area (Å²) in [5.74, 6) is -0.566. The summed E-state index contributed by atoms with van der Waals surface area (Å²) in [6.45, 7) is -0.00846. The summed E-state index contributed by atoms with van der Waals surface area (Å²) in [5, 5.41) is 13.3. The average molecular weight is 307 g/mol. The minimum atomic E-state index is -4.53. The van der Waals surface area contributed by atoms with Gasteiger partial charge >= 0.3 is 12.1 Å². The molecule has 0 radical (unpaired) electrons. The smallest absolute Gasteiger partial charge is 0.433 e. The molecule has 0 saturated carbocycles. The van der Waals surface area contributed by atoms with Gasteiger partial charge in [-0.25, -0.2) is 0 Å². The highest BCUT2D eigenvalue weighted by Gasteiger charge is 2.41. The first kappa shape index (κ1) is 15.8. The molecule has 0 amide bonds. The average Bonchev–Trinajstić information content (AvgIpc) is 2.91. The lowest BCUT2D eigenvalue weighted by Crippen LogP contribution is -2.36. The van der Waals surface area contributed by atoms with Gasteiger partial charge in [0.2, 0.25) is 0 Å². The van der Waals surface area contributed by atoms with Crippen molar-refractivity contribution in [3.05, 3.63) is 17.5 Å². The number of aliphatic hydroxyl groups is 1. The van der Waals surface area contributed by atoms with Crippen molar-refractivity contribution in [2.24, 2.45) is 7.05 Å². The number of halogens is 3. The number of rotatable bonds is 3. The zero-order chi connectivity index (χ0) is 15.8. The van der Waals surface area contributed by atoms with Crippen molar-refractivity contribution in [3.63, 3.8) is 0 Å². The highest BCUT2D eigenvalue weighted by Crippen LogP contribution is 2.33. The number of esters is 1. The Morgan fingerprint density at radius 1 is 1.57 bits per heavy atom. The van der Waals surface area contributed by atoms with Crippen LogP contribution in [-0.2, 0) is 29.3 Å². The summed E-state index contributed by atoms with van der Waals surface area (Å²) < 4.78 is 44.4. The molecule has 1 aromatic heterocycles. The highest BCUT2D eigenvalue weighted by atomic mass is 19.4. The van der Waals surface area contributed by atoms with Gasteiger partial charge in [-0.15, -0.1) is 0 Å². The van der Waals surface area contributed by atoms with Crippen molar-refractivity contribution in [2.75, 3.05) is 13.7 Å². The number of alkyl halides is 3. The fourth-order valence-electron chi connectivity index (χ4n) is 2.62. The third kappa shape index (κ3) is 3.18. The molecule has 21 heavy (non-hydrogen) atoms. The molecule has 0 spiro atoms. The first-order valence-electron chi connectivity index (χ1n) is 6.32. The molecule has 1 aliphatic heterocycles. The summed E-state index contributed by atoms with van der Waals surface area (Å²) in [5.41, 5.74) is -0.888. The number of carbonyl (C=O) groups is 1. The van der Waals surface area contributed by atoms with Crippen LogP contribution in [0.3, 0.4) is 0 Å². The monoisotopic (exact) mass is 307 g/mol. The summed E-state index contributed by atoms with van der Waals surface area (Å²) in [7, 11) is 2.42. The van der Waals surface area contributed by atoms with E-state index < -0.39 is 30.0 Å². The molecule has 1 saturated heterocycles. The number of carbonyl (C=O) groups excluding carboxylic acids is 1. The van der Waals surface area contributed by atoms with Crippen LogP contribution in [0.4, 0.5) is 13.2 Å². The van der Waals surface area contributed by atoms with E-state index in [0.29, 0.717) is 0 Å².